The predicted molar refractivity (Wildman–Crippen MR) is 115 cm³/mol. The largest absolute Gasteiger partial charge is 0.459 e. The van der Waals surface area contributed by atoms with Crippen LogP contribution in [-0.4, -0.2) is 23.8 Å². The third-order valence-electron chi connectivity index (χ3n) is 4.98. The van der Waals surface area contributed by atoms with Gasteiger partial charge in [0, 0.05) is 17.0 Å². The lowest BCUT2D eigenvalue weighted by Crippen LogP contribution is -2.11. The number of ether oxygens (including phenoxy) is 1. The van der Waals surface area contributed by atoms with E-state index in [1.54, 1.807) is 18.0 Å². The number of pyridine rings is 1. The van der Waals surface area contributed by atoms with Crippen LogP contribution in [0.2, 0.25) is 0 Å². The topological polar surface area (TPSA) is 60.8 Å². The SMILES string of the molecule is CC(C)CON=CC1C(C(=O)OCc2cccc(Sc3ccccc3)n2)C1(C)C. The third-order valence-corrected chi connectivity index (χ3v) is 5.92. The van der Waals surface area contributed by atoms with Crippen molar-refractivity contribution in [2.75, 3.05) is 6.61 Å². The van der Waals surface area contributed by atoms with Crippen molar-refractivity contribution in [2.45, 2.75) is 44.2 Å². The van der Waals surface area contributed by atoms with Crippen molar-refractivity contribution in [1.29, 1.82) is 0 Å². The highest BCUT2D eigenvalue weighted by molar-refractivity contribution is 7.99. The van der Waals surface area contributed by atoms with Crippen molar-refractivity contribution >= 4 is 23.9 Å². The number of carbonyl (C=O) groups is 1. The van der Waals surface area contributed by atoms with Gasteiger partial charge in [-0.15, -0.1) is 0 Å². The fourth-order valence-electron chi connectivity index (χ4n) is 3.15. The molecule has 5 nitrogen and oxygen atoms in total. The summed E-state index contributed by atoms with van der Waals surface area (Å²) < 4.78 is 5.55. The molecule has 0 aliphatic heterocycles. The van der Waals surface area contributed by atoms with Gasteiger partial charge in [0.25, 0.3) is 0 Å². The fourth-order valence-corrected chi connectivity index (χ4v) is 3.99. The quantitative estimate of drug-likeness (QED) is 0.322. The molecule has 3 rings (SSSR count). The minimum atomic E-state index is -0.210. The summed E-state index contributed by atoms with van der Waals surface area (Å²) in [7, 11) is 0. The van der Waals surface area contributed by atoms with E-state index in [1.807, 2.05) is 62.4 Å². The van der Waals surface area contributed by atoms with Gasteiger partial charge in [0.05, 0.1) is 11.6 Å². The van der Waals surface area contributed by atoms with Crippen LogP contribution in [-0.2, 0) is 21.0 Å². The van der Waals surface area contributed by atoms with E-state index in [-0.39, 0.29) is 29.8 Å². The van der Waals surface area contributed by atoms with E-state index in [0.717, 1.165) is 15.6 Å². The third kappa shape index (κ3) is 5.82. The maximum Gasteiger partial charge on any atom is 0.310 e. The van der Waals surface area contributed by atoms with Crippen LogP contribution in [0.1, 0.15) is 33.4 Å². The molecule has 1 saturated carbocycles. The first-order valence-electron chi connectivity index (χ1n) is 9.89. The fraction of sp³-hybridized carbons (Fsp3) is 0.435. The van der Waals surface area contributed by atoms with Gasteiger partial charge in [0.2, 0.25) is 0 Å². The second-order valence-corrected chi connectivity index (χ2v) is 9.35. The Balaban J connectivity index is 1.52. The number of carbonyl (C=O) groups excluding carboxylic acids is 1. The first-order chi connectivity index (χ1) is 13.9. The molecule has 0 amide bonds. The van der Waals surface area contributed by atoms with Gasteiger partial charge in [-0.1, -0.05) is 68.9 Å². The van der Waals surface area contributed by atoms with Crippen molar-refractivity contribution < 1.29 is 14.4 Å². The Morgan fingerprint density at radius 1 is 1.21 bits per heavy atom. The van der Waals surface area contributed by atoms with Crippen LogP contribution in [0.15, 0.2) is 63.6 Å². The number of esters is 1. The molecular weight excluding hydrogens is 384 g/mol. The van der Waals surface area contributed by atoms with Crippen molar-refractivity contribution in [3.63, 3.8) is 0 Å². The van der Waals surface area contributed by atoms with Crippen LogP contribution in [0.3, 0.4) is 0 Å². The van der Waals surface area contributed by atoms with E-state index >= 15 is 0 Å². The Morgan fingerprint density at radius 3 is 2.69 bits per heavy atom. The zero-order chi connectivity index (χ0) is 20.9. The molecule has 2 aromatic rings. The molecule has 29 heavy (non-hydrogen) atoms. The summed E-state index contributed by atoms with van der Waals surface area (Å²) in [6.07, 6.45) is 1.74. The van der Waals surface area contributed by atoms with Gasteiger partial charge >= 0.3 is 5.97 Å². The Hall–Kier alpha value is -2.34. The standard InChI is InChI=1S/C23H28N2O3S/c1-16(2)14-28-24-13-19-21(23(19,3)4)22(26)27-15-17-9-8-12-20(25-17)29-18-10-6-5-7-11-18/h5-13,16,19,21H,14-15H2,1-4H3. The number of rotatable bonds is 9. The molecule has 0 radical (unpaired) electrons. The van der Waals surface area contributed by atoms with Gasteiger partial charge in [-0.2, -0.15) is 0 Å². The lowest BCUT2D eigenvalue weighted by atomic mass is 10.1. The maximum atomic E-state index is 12.6. The zero-order valence-corrected chi connectivity index (χ0v) is 18.2. The molecule has 0 bridgehead atoms. The van der Waals surface area contributed by atoms with Crippen LogP contribution < -0.4 is 0 Å². The molecule has 154 valence electrons. The number of hydrogen-bond acceptors (Lipinski definition) is 6. The van der Waals surface area contributed by atoms with Crippen molar-refractivity contribution in [1.82, 2.24) is 4.98 Å². The highest BCUT2D eigenvalue weighted by Crippen LogP contribution is 2.57. The minimum Gasteiger partial charge on any atom is -0.459 e. The summed E-state index contributed by atoms with van der Waals surface area (Å²) in [5.41, 5.74) is 0.573. The smallest absolute Gasteiger partial charge is 0.310 e. The lowest BCUT2D eigenvalue weighted by molar-refractivity contribution is -0.147. The summed E-state index contributed by atoms with van der Waals surface area (Å²) in [6, 6.07) is 15.8. The maximum absolute atomic E-state index is 12.6. The summed E-state index contributed by atoms with van der Waals surface area (Å²) in [5.74, 6) is 0.0486. The predicted octanol–water partition coefficient (Wildman–Crippen LogP) is 5.21. The highest BCUT2D eigenvalue weighted by atomic mass is 32.2. The number of hydrogen-bond donors (Lipinski definition) is 0. The second-order valence-electron chi connectivity index (χ2n) is 8.26. The van der Waals surface area contributed by atoms with E-state index in [0.29, 0.717) is 12.5 Å². The van der Waals surface area contributed by atoms with Crippen LogP contribution in [0.5, 0.6) is 0 Å². The van der Waals surface area contributed by atoms with E-state index in [2.05, 4.69) is 24.0 Å². The Kier molecular flexibility index (Phi) is 6.96. The van der Waals surface area contributed by atoms with E-state index in [4.69, 9.17) is 9.57 Å². The molecule has 1 aromatic carbocycles. The van der Waals surface area contributed by atoms with Gasteiger partial charge < -0.3 is 9.57 Å². The molecule has 0 N–H and O–H groups in total. The molecule has 0 spiro atoms. The molecule has 1 aromatic heterocycles. The molecular formula is C23H28N2O3S. The van der Waals surface area contributed by atoms with Crippen molar-refractivity contribution in [3.8, 4) is 0 Å². The van der Waals surface area contributed by atoms with Crippen LogP contribution in [0.4, 0.5) is 0 Å². The molecule has 2 unspecified atom stereocenters. The number of benzene rings is 1. The van der Waals surface area contributed by atoms with Gasteiger partial charge in [-0.05, 0) is 35.6 Å². The zero-order valence-electron chi connectivity index (χ0n) is 17.4. The molecule has 0 saturated heterocycles. The lowest BCUT2D eigenvalue weighted by Gasteiger charge is -2.07. The molecule has 1 aliphatic carbocycles. The first kappa shape index (κ1) is 21.4. The van der Waals surface area contributed by atoms with Gasteiger partial charge in [-0.25, -0.2) is 4.98 Å². The van der Waals surface area contributed by atoms with E-state index in [9.17, 15) is 4.79 Å². The second kappa shape index (κ2) is 9.44. The monoisotopic (exact) mass is 412 g/mol. The van der Waals surface area contributed by atoms with E-state index < -0.39 is 0 Å². The first-order valence-corrected chi connectivity index (χ1v) is 10.7. The normalized spacial score (nSPS) is 20.0. The highest BCUT2D eigenvalue weighted by Gasteiger charge is 2.62. The summed E-state index contributed by atoms with van der Waals surface area (Å²) in [4.78, 5) is 23.5. The van der Waals surface area contributed by atoms with Crippen molar-refractivity contribution in [3.05, 3.63) is 54.2 Å². The van der Waals surface area contributed by atoms with Gasteiger partial charge in [-0.3, -0.25) is 4.79 Å². The Bertz CT molecular complexity index is 852. The average molecular weight is 413 g/mol. The Morgan fingerprint density at radius 2 is 1.97 bits per heavy atom. The number of oxime groups is 1. The summed E-state index contributed by atoms with van der Waals surface area (Å²) >= 11 is 1.59. The van der Waals surface area contributed by atoms with Gasteiger partial charge in [0.15, 0.2) is 0 Å². The van der Waals surface area contributed by atoms with Gasteiger partial charge in [0.1, 0.15) is 18.2 Å². The molecule has 6 heteroatoms. The van der Waals surface area contributed by atoms with E-state index in [1.165, 1.54) is 0 Å². The van der Waals surface area contributed by atoms with Crippen LogP contribution >= 0.6 is 11.8 Å². The molecule has 1 aliphatic rings. The number of nitrogens with zero attached hydrogens (tertiary/aromatic N) is 2. The van der Waals surface area contributed by atoms with Crippen molar-refractivity contribution in [2.24, 2.45) is 28.3 Å². The van der Waals surface area contributed by atoms with Crippen LogP contribution in [0.25, 0.3) is 0 Å². The van der Waals surface area contributed by atoms with Crippen LogP contribution in [0, 0.1) is 23.2 Å². The molecule has 1 heterocycles. The number of aromatic nitrogens is 1. The molecule has 2 atom stereocenters. The average Bonchev–Trinajstić information content (AvgIpc) is 3.25. The minimum absolute atomic E-state index is 0.0371. The molecule has 1 fully saturated rings. The summed E-state index contributed by atoms with van der Waals surface area (Å²) in [6.45, 7) is 8.97. The Labute approximate surface area is 176 Å². The summed E-state index contributed by atoms with van der Waals surface area (Å²) in [5, 5.41) is 4.90.